The molecule has 1 aliphatic carbocycles. The summed E-state index contributed by atoms with van der Waals surface area (Å²) in [5, 5.41) is 0. The molecule has 0 N–H and O–H groups in total. The van der Waals surface area contributed by atoms with Crippen LogP contribution in [0, 0.1) is 11.8 Å². The minimum absolute atomic E-state index is 0.257. The van der Waals surface area contributed by atoms with E-state index in [-0.39, 0.29) is 5.79 Å². The number of rotatable bonds is 6. The Bertz CT molecular complexity index is 167. The summed E-state index contributed by atoms with van der Waals surface area (Å²) in [6.45, 7) is 10.4. The number of hydrogen-bond donors (Lipinski definition) is 0. The van der Waals surface area contributed by atoms with Gasteiger partial charge in [0.2, 0.25) is 0 Å². The molecular weight excluding hydrogens is 200 g/mol. The predicted octanol–water partition coefficient (Wildman–Crippen LogP) is 3.99. The zero-order valence-corrected chi connectivity index (χ0v) is 11.4. The second-order valence-electron chi connectivity index (χ2n) is 5.88. The van der Waals surface area contributed by atoms with Crippen LogP contribution in [-0.2, 0) is 9.47 Å². The van der Waals surface area contributed by atoms with Crippen LogP contribution in [-0.4, -0.2) is 19.0 Å². The topological polar surface area (TPSA) is 18.5 Å². The first-order chi connectivity index (χ1) is 7.54. The van der Waals surface area contributed by atoms with Gasteiger partial charge in [0.15, 0.2) is 5.79 Å². The van der Waals surface area contributed by atoms with Crippen molar-refractivity contribution in [2.75, 3.05) is 13.2 Å². The van der Waals surface area contributed by atoms with E-state index < -0.39 is 0 Å². The van der Waals surface area contributed by atoms with Crippen LogP contribution in [0.4, 0.5) is 0 Å². The SMILES string of the molecule is CC(C)COC1(OCC(C)C)CCCCC1. The van der Waals surface area contributed by atoms with Gasteiger partial charge in [-0.2, -0.15) is 0 Å². The molecule has 0 spiro atoms. The monoisotopic (exact) mass is 228 g/mol. The molecule has 16 heavy (non-hydrogen) atoms. The molecule has 2 heteroatoms. The van der Waals surface area contributed by atoms with Gasteiger partial charge in [0.25, 0.3) is 0 Å². The molecule has 0 saturated heterocycles. The Morgan fingerprint density at radius 1 is 0.812 bits per heavy atom. The average molecular weight is 228 g/mol. The molecule has 1 aliphatic rings. The summed E-state index contributed by atoms with van der Waals surface area (Å²) >= 11 is 0. The van der Waals surface area contributed by atoms with Gasteiger partial charge in [0.05, 0.1) is 13.2 Å². The van der Waals surface area contributed by atoms with Crippen LogP contribution in [0.25, 0.3) is 0 Å². The largest absolute Gasteiger partial charge is 0.350 e. The Balaban J connectivity index is 2.45. The molecule has 0 unspecified atom stereocenters. The van der Waals surface area contributed by atoms with Gasteiger partial charge < -0.3 is 9.47 Å². The maximum atomic E-state index is 6.06. The summed E-state index contributed by atoms with van der Waals surface area (Å²) in [5.41, 5.74) is 0. The second kappa shape index (κ2) is 6.61. The molecule has 2 nitrogen and oxygen atoms in total. The van der Waals surface area contributed by atoms with Gasteiger partial charge in [-0.15, -0.1) is 0 Å². The fourth-order valence-electron chi connectivity index (χ4n) is 2.06. The first-order valence-electron chi connectivity index (χ1n) is 6.82. The summed E-state index contributed by atoms with van der Waals surface area (Å²) in [5.74, 6) is 0.912. The van der Waals surface area contributed by atoms with Crippen LogP contribution in [0.5, 0.6) is 0 Å². The smallest absolute Gasteiger partial charge is 0.168 e. The van der Waals surface area contributed by atoms with Crippen LogP contribution in [0.1, 0.15) is 59.8 Å². The van der Waals surface area contributed by atoms with Crippen molar-refractivity contribution in [2.24, 2.45) is 11.8 Å². The quantitative estimate of drug-likeness (QED) is 0.640. The number of ether oxygens (including phenoxy) is 2. The highest BCUT2D eigenvalue weighted by atomic mass is 16.7. The van der Waals surface area contributed by atoms with Crippen molar-refractivity contribution in [1.82, 2.24) is 0 Å². The van der Waals surface area contributed by atoms with Crippen LogP contribution < -0.4 is 0 Å². The standard InChI is InChI=1S/C14H28O2/c1-12(2)10-15-14(16-11-13(3)4)8-6-5-7-9-14/h12-13H,5-11H2,1-4H3. The molecule has 0 aromatic rings. The van der Waals surface area contributed by atoms with E-state index in [9.17, 15) is 0 Å². The molecule has 0 radical (unpaired) electrons. The van der Waals surface area contributed by atoms with Crippen molar-refractivity contribution in [1.29, 1.82) is 0 Å². The van der Waals surface area contributed by atoms with E-state index in [4.69, 9.17) is 9.47 Å². The molecule has 0 atom stereocenters. The molecule has 1 fully saturated rings. The van der Waals surface area contributed by atoms with E-state index in [1.165, 1.54) is 19.3 Å². The third-order valence-electron chi connectivity index (χ3n) is 2.97. The second-order valence-corrected chi connectivity index (χ2v) is 5.88. The normalized spacial score (nSPS) is 20.6. The summed E-state index contributed by atoms with van der Waals surface area (Å²) in [7, 11) is 0. The highest BCUT2D eigenvalue weighted by Crippen LogP contribution is 2.33. The van der Waals surface area contributed by atoms with E-state index in [1.54, 1.807) is 0 Å². The number of hydrogen-bond acceptors (Lipinski definition) is 2. The Kier molecular flexibility index (Phi) is 5.77. The lowest BCUT2D eigenvalue weighted by Crippen LogP contribution is -2.40. The summed E-state index contributed by atoms with van der Waals surface area (Å²) < 4.78 is 12.1. The highest BCUT2D eigenvalue weighted by Gasteiger charge is 2.34. The van der Waals surface area contributed by atoms with E-state index >= 15 is 0 Å². The van der Waals surface area contributed by atoms with Crippen LogP contribution in [0.2, 0.25) is 0 Å². The Hall–Kier alpha value is -0.0800. The summed E-state index contributed by atoms with van der Waals surface area (Å²) in [6.07, 6.45) is 5.98. The van der Waals surface area contributed by atoms with Crippen molar-refractivity contribution < 1.29 is 9.47 Å². The van der Waals surface area contributed by atoms with Crippen molar-refractivity contribution in [2.45, 2.75) is 65.6 Å². The molecule has 0 amide bonds. The van der Waals surface area contributed by atoms with E-state index in [2.05, 4.69) is 27.7 Å². The van der Waals surface area contributed by atoms with Crippen molar-refractivity contribution >= 4 is 0 Å². The molecule has 0 aromatic carbocycles. The van der Waals surface area contributed by atoms with Gasteiger partial charge in [-0.1, -0.05) is 34.1 Å². The molecule has 0 bridgehead atoms. The van der Waals surface area contributed by atoms with Crippen LogP contribution >= 0.6 is 0 Å². The van der Waals surface area contributed by atoms with Crippen molar-refractivity contribution in [3.8, 4) is 0 Å². The first kappa shape index (κ1) is 14.0. The van der Waals surface area contributed by atoms with Gasteiger partial charge >= 0.3 is 0 Å². The summed E-state index contributed by atoms with van der Waals surface area (Å²) in [4.78, 5) is 0. The third-order valence-corrected chi connectivity index (χ3v) is 2.97. The van der Waals surface area contributed by atoms with E-state index in [1.807, 2.05) is 0 Å². The van der Waals surface area contributed by atoms with Crippen LogP contribution in [0.15, 0.2) is 0 Å². The van der Waals surface area contributed by atoms with Gasteiger partial charge in [-0.05, 0) is 24.7 Å². The molecule has 0 aliphatic heterocycles. The van der Waals surface area contributed by atoms with Crippen molar-refractivity contribution in [3.63, 3.8) is 0 Å². The Morgan fingerprint density at radius 3 is 1.62 bits per heavy atom. The lowest BCUT2D eigenvalue weighted by molar-refractivity contribution is -0.260. The maximum Gasteiger partial charge on any atom is 0.168 e. The third kappa shape index (κ3) is 4.84. The Morgan fingerprint density at radius 2 is 1.25 bits per heavy atom. The van der Waals surface area contributed by atoms with Gasteiger partial charge in [0.1, 0.15) is 0 Å². The van der Waals surface area contributed by atoms with Gasteiger partial charge in [-0.25, -0.2) is 0 Å². The molecule has 1 saturated carbocycles. The average Bonchev–Trinajstić information content (AvgIpc) is 2.25. The maximum absolute atomic E-state index is 6.06. The zero-order chi connectivity index (χ0) is 12.0. The predicted molar refractivity (Wildman–Crippen MR) is 67.4 cm³/mol. The molecule has 1 rings (SSSR count). The molecular formula is C14H28O2. The Labute approximate surface area is 101 Å². The zero-order valence-electron chi connectivity index (χ0n) is 11.4. The fourth-order valence-corrected chi connectivity index (χ4v) is 2.06. The lowest BCUT2D eigenvalue weighted by atomic mass is 9.93. The fraction of sp³-hybridized carbons (Fsp3) is 1.00. The van der Waals surface area contributed by atoms with Gasteiger partial charge in [0, 0.05) is 12.8 Å². The first-order valence-corrected chi connectivity index (χ1v) is 6.82. The highest BCUT2D eigenvalue weighted by molar-refractivity contribution is 4.76. The van der Waals surface area contributed by atoms with E-state index in [0.29, 0.717) is 11.8 Å². The van der Waals surface area contributed by atoms with Crippen LogP contribution in [0.3, 0.4) is 0 Å². The lowest BCUT2D eigenvalue weighted by Gasteiger charge is -2.38. The summed E-state index contributed by atoms with van der Waals surface area (Å²) in [6, 6.07) is 0. The van der Waals surface area contributed by atoms with Gasteiger partial charge in [-0.3, -0.25) is 0 Å². The van der Waals surface area contributed by atoms with Crippen molar-refractivity contribution in [3.05, 3.63) is 0 Å². The van der Waals surface area contributed by atoms with E-state index in [0.717, 1.165) is 26.1 Å². The minimum atomic E-state index is -0.257. The molecule has 0 heterocycles. The minimum Gasteiger partial charge on any atom is -0.350 e. The molecule has 96 valence electrons. The molecule has 0 aromatic heterocycles.